The normalized spacial score (nSPS) is 18.2. The fourth-order valence-corrected chi connectivity index (χ4v) is 3.81. The van der Waals surface area contributed by atoms with E-state index in [9.17, 15) is 4.79 Å². The van der Waals surface area contributed by atoms with Gasteiger partial charge in [-0.15, -0.1) is 0 Å². The number of nitrogens with zero attached hydrogens (tertiary/aromatic N) is 2. The number of aromatic nitrogens is 2. The standard InChI is InChI=1S/C13H19IN2O2S/c1-18-13(17)9-4-5-10-11(8-9)15-16(12(10)14)6-3-7-19-2/h9H,3-8H2,1-2H3/t9-/m1/s1. The SMILES string of the molecule is COC(=O)[C@@H]1CCc2c(nn(CCCSC)c2I)C1. The molecule has 1 atom stereocenters. The molecular weight excluding hydrogens is 375 g/mol. The zero-order valence-electron chi connectivity index (χ0n) is 11.3. The van der Waals surface area contributed by atoms with Gasteiger partial charge in [-0.2, -0.15) is 16.9 Å². The van der Waals surface area contributed by atoms with Crippen LogP contribution in [0.1, 0.15) is 24.1 Å². The third-order valence-electron chi connectivity index (χ3n) is 3.50. The minimum atomic E-state index is -0.0995. The number of ether oxygens (including phenoxy) is 1. The summed E-state index contributed by atoms with van der Waals surface area (Å²) in [6.45, 7) is 0.967. The van der Waals surface area contributed by atoms with E-state index in [-0.39, 0.29) is 11.9 Å². The van der Waals surface area contributed by atoms with Gasteiger partial charge < -0.3 is 4.74 Å². The van der Waals surface area contributed by atoms with Crippen LogP contribution < -0.4 is 0 Å². The summed E-state index contributed by atoms with van der Waals surface area (Å²) >= 11 is 4.25. The van der Waals surface area contributed by atoms with Crippen molar-refractivity contribution in [2.45, 2.75) is 32.2 Å². The van der Waals surface area contributed by atoms with Gasteiger partial charge >= 0.3 is 5.97 Å². The van der Waals surface area contributed by atoms with Crippen LogP contribution in [0.3, 0.4) is 0 Å². The van der Waals surface area contributed by atoms with Crippen LogP contribution in [-0.4, -0.2) is 34.9 Å². The van der Waals surface area contributed by atoms with E-state index >= 15 is 0 Å². The second-order valence-electron chi connectivity index (χ2n) is 4.75. The van der Waals surface area contributed by atoms with Gasteiger partial charge in [-0.1, -0.05) is 0 Å². The summed E-state index contributed by atoms with van der Waals surface area (Å²) in [5.74, 6) is 1.05. The van der Waals surface area contributed by atoms with Gasteiger partial charge in [0.25, 0.3) is 0 Å². The van der Waals surface area contributed by atoms with Gasteiger partial charge in [-0.25, -0.2) is 0 Å². The topological polar surface area (TPSA) is 44.1 Å². The molecule has 1 aliphatic rings. The lowest BCUT2D eigenvalue weighted by atomic mass is 9.88. The summed E-state index contributed by atoms with van der Waals surface area (Å²) in [6, 6.07) is 0. The molecule has 1 aliphatic carbocycles. The van der Waals surface area contributed by atoms with Crippen LogP contribution in [0.5, 0.6) is 0 Å². The first-order valence-corrected chi connectivity index (χ1v) is 8.95. The van der Waals surface area contributed by atoms with Crippen molar-refractivity contribution in [1.82, 2.24) is 9.78 Å². The number of aryl methyl sites for hydroxylation is 1. The second kappa shape index (κ2) is 6.97. The highest BCUT2D eigenvalue weighted by molar-refractivity contribution is 14.1. The van der Waals surface area contributed by atoms with Gasteiger partial charge in [0, 0.05) is 18.5 Å². The molecule has 0 aliphatic heterocycles. The van der Waals surface area contributed by atoms with Crippen molar-refractivity contribution in [2.75, 3.05) is 19.1 Å². The van der Waals surface area contributed by atoms with Crippen LogP contribution in [0.25, 0.3) is 0 Å². The van der Waals surface area contributed by atoms with E-state index in [0.717, 1.165) is 43.7 Å². The predicted octanol–water partition coefficient (Wildman–Crippen LogP) is 2.52. The molecule has 4 nitrogen and oxygen atoms in total. The second-order valence-corrected chi connectivity index (χ2v) is 6.76. The Labute approximate surface area is 131 Å². The molecule has 0 unspecified atom stereocenters. The lowest BCUT2D eigenvalue weighted by Gasteiger charge is -2.18. The molecule has 2 rings (SSSR count). The summed E-state index contributed by atoms with van der Waals surface area (Å²) < 4.78 is 8.19. The van der Waals surface area contributed by atoms with Gasteiger partial charge in [-0.3, -0.25) is 9.48 Å². The first kappa shape index (κ1) is 15.2. The highest BCUT2D eigenvalue weighted by Crippen LogP contribution is 2.29. The summed E-state index contributed by atoms with van der Waals surface area (Å²) in [6.07, 6.45) is 5.81. The van der Waals surface area contributed by atoms with Crippen molar-refractivity contribution < 1.29 is 9.53 Å². The Morgan fingerprint density at radius 3 is 3.11 bits per heavy atom. The molecular formula is C13H19IN2O2S. The van der Waals surface area contributed by atoms with E-state index in [1.54, 1.807) is 0 Å². The van der Waals surface area contributed by atoms with Crippen molar-refractivity contribution in [1.29, 1.82) is 0 Å². The van der Waals surface area contributed by atoms with Crippen LogP contribution in [0, 0.1) is 9.62 Å². The average Bonchev–Trinajstić information content (AvgIpc) is 2.74. The lowest BCUT2D eigenvalue weighted by molar-refractivity contribution is -0.145. The van der Waals surface area contributed by atoms with Crippen LogP contribution in [0.2, 0.25) is 0 Å². The number of esters is 1. The van der Waals surface area contributed by atoms with Crippen molar-refractivity contribution >= 4 is 40.3 Å². The smallest absolute Gasteiger partial charge is 0.309 e. The van der Waals surface area contributed by atoms with Gasteiger partial charge in [0.2, 0.25) is 0 Å². The van der Waals surface area contributed by atoms with Crippen molar-refractivity contribution in [2.24, 2.45) is 5.92 Å². The maximum Gasteiger partial charge on any atom is 0.309 e. The van der Waals surface area contributed by atoms with Crippen molar-refractivity contribution in [3.8, 4) is 0 Å². The Morgan fingerprint density at radius 1 is 1.63 bits per heavy atom. The Kier molecular flexibility index (Phi) is 5.56. The first-order chi connectivity index (χ1) is 9.17. The Balaban J connectivity index is 2.08. The zero-order chi connectivity index (χ0) is 13.8. The fraction of sp³-hybridized carbons (Fsp3) is 0.692. The zero-order valence-corrected chi connectivity index (χ0v) is 14.3. The molecule has 0 saturated carbocycles. The Hall–Kier alpha value is -0.240. The molecule has 0 bridgehead atoms. The molecule has 0 N–H and O–H groups in total. The molecule has 1 heterocycles. The van der Waals surface area contributed by atoms with E-state index < -0.39 is 0 Å². The van der Waals surface area contributed by atoms with Crippen molar-refractivity contribution in [3.63, 3.8) is 0 Å². The Bertz CT molecular complexity index is 462. The summed E-state index contributed by atoms with van der Waals surface area (Å²) in [5, 5.41) is 4.68. The maximum atomic E-state index is 11.6. The fourth-order valence-electron chi connectivity index (χ4n) is 2.46. The highest BCUT2D eigenvalue weighted by atomic mass is 127. The number of hydrogen-bond donors (Lipinski definition) is 0. The third-order valence-corrected chi connectivity index (χ3v) is 5.41. The number of hydrogen-bond acceptors (Lipinski definition) is 4. The molecule has 0 radical (unpaired) electrons. The Morgan fingerprint density at radius 2 is 2.42 bits per heavy atom. The molecule has 0 saturated heterocycles. The van der Waals surface area contributed by atoms with E-state index in [4.69, 9.17) is 4.74 Å². The number of rotatable bonds is 5. The molecule has 0 aromatic carbocycles. The molecule has 1 aromatic rings. The number of methoxy groups -OCH3 is 1. The van der Waals surface area contributed by atoms with E-state index in [1.807, 2.05) is 11.8 Å². The molecule has 0 fully saturated rings. The van der Waals surface area contributed by atoms with Crippen LogP contribution in [-0.2, 0) is 28.9 Å². The number of carbonyl (C=O) groups is 1. The third kappa shape index (κ3) is 3.45. The van der Waals surface area contributed by atoms with Gasteiger partial charge in [-0.05, 0) is 53.9 Å². The van der Waals surface area contributed by atoms with E-state index in [2.05, 4.69) is 38.6 Å². The molecule has 0 amide bonds. The minimum absolute atomic E-state index is 0.0113. The quantitative estimate of drug-likeness (QED) is 0.438. The van der Waals surface area contributed by atoms with Crippen molar-refractivity contribution in [3.05, 3.63) is 15.0 Å². The predicted molar refractivity (Wildman–Crippen MR) is 85.5 cm³/mol. The summed E-state index contributed by atoms with van der Waals surface area (Å²) in [5.41, 5.74) is 2.43. The maximum absolute atomic E-state index is 11.6. The summed E-state index contributed by atoms with van der Waals surface area (Å²) in [7, 11) is 1.46. The number of carbonyl (C=O) groups excluding carboxylic acids is 1. The van der Waals surface area contributed by atoms with Crippen LogP contribution >= 0.6 is 34.4 Å². The highest BCUT2D eigenvalue weighted by Gasteiger charge is 2.29. The van der Waals surface area contributed by atoms with E-state index in [0.29, 0.717) is 0 Å². The van der Waals surface area contributed by atoms with Gasteiger partial charge in [0.1, 0.15) is 3.70 Å². The molecule has 0 spiro atoms. The number of halogens is 1. The molecule has 106 valence electrons. The summed E-state index contributed by atoms with van der Waals surface area (Å²) in [4.78, 5) is 11.6. The lowest BCUT2D eigenvalue weighted by Crippen LogP contribution is -2.23. The van der Waals surface area contributed by atoms with Crippen LogP contribution in [0.4, 0.5) is 0 Å². The molecule has 19 heavy (non-hydrogen) atoms. The minimum Gasteiger partial charge on any atom is -0.469 e. The van der Waals surface area contributed by atoms with Gasteiger partial charge in [0.15, 0.2) is 0 Å². The number of thioether (sulfide) groups is 1. The molecule has 6 heteroatoms. The average molecular weight is 394 g/mol. The van der Waals surface area contributed by atoms with Crippen LogP contribution in [0.15, 0.2) is 0 Å². The monoisotopic (exact) mass is 394 g/mol. The first-order valence-electron chi connectivity index (χ1n) is 6.48. The molecule has 1 aromatic heterocycles. The number of fused-ring (bicyclic) bond motifs is 1. The van der Waals surface area contributed by atoms with E-state index in [1.165, 1.54) is 16.4 Å². The van der Waals surface area contributed by atoms with Gasteiger partial charge in [0.05, 0.1) is 18.7 Å². The largest absolute Gasteiger partial charge is 0.469 e.